The van der Waals surface area contributed by atoms with E-state index in [1.54, 1.807) is 18.3 Å². The SMILES string of the molecule is CCOC(CCN(C)Cc1scnc1C)C(=O)O. The van der Waals surface area contributed by atoms with Crippen LogP contribution in [0.5, 0.6) is 0 Å². The molecule has 102 valence electrons. The Bertz CT molecular complexity index is 381. The van der Waals surface area contributed by atoms with E-state index in [9.17, 15) is 4.79 Å². The van der Waals surface area contributed by atoms with E-state index in [2.05, 4.69) is 9.88 Å². The normalized spacial score (nSPS) is 12.9. The summed E-state index contributed by atoms with van der Waals surface area (Å²) in [4.78, 5) is 18.4. The molecule has 0 saturated carbocycles. The Balaban J connectivity index is 2.38. The Labute approximate surface area is 111 Å². The lowest BCUT2D eigenvalue weighted by Gasteiger charge is -2.19. The van der Waals surface area contributed by atoms with E-state index in [1.807, 2.05) is 19.5 Å². The van der Waals surface area contributed by atoms with Crippen molar-refractivity contribution in [3.63, 3.8) is 0 Å². The lowest BCUT2D eigenvalue weighted by molar-refractivity contribution is -0.150. The van der Waals surface area contributed by atoms with Crippen molar-refractivity contribution >= 4 is 17.3 Å². The minimum Gasteiger partial charge on any atom is -0.479 e. The second kappa shape index (κ2) is 7.45. The summed E-state index contributed by atoms with van der Waals surface area (Å²) in [5.74, 6) is -0.890. The van der Waals surface area contributed by atoms with Crippen molar-refractivity contribution in [2.45, 2.75) is 32.9 Å². The molecule has 0 bridgehead atoms. The number of hydrogen-bond donors (Lipinski definition) is 1. The van der Waals surface area contributed by atoms with Crippen LogP contribution in [0, 0.1) is 6.92 Å². The van der Waals surface area contributed by atoms with Crippen LogP contribution in [-0.2, 0) is 16.1 Å². The van der Waals surface area contributed by atoms with Gasteiger partial charge in [-0.3, -0.25) is 0 Å². The number of rotatable bonds is 8. The van der Waals surface area contributed by atoms with E-state index in [0.717, 1.165) is 12.2 Å². The number of carboxylic acids is 1. The zero-order chi connectivity index (χ0) is 13.5. The van der Waals surface area contributed by atoms with Gasteiger partial charge in [-0.2, -0.15) is 0 Å². The maximum absolute atomic E-state index is 10.9. The van der Waals surface area contributed by atoms with Crippen molar-refractivity contribution in [3.05, 3.63) is 16.1 Å². The van der Waals surface area contributed by atoms with E-state index >= 15 is 0 Å². The Morgan fingerprint density at radius 2 is 2.39 bits per heavy atom. The van der Waals surface area contributed by atoms with Gasteiger partial charge in [0.05, 0.1) is 11.2 Å². The van der Waals surface area contributed by atoms with E-state index in [4.69, 9.17) is 9.84 Å². The third-order valence-electron chi connectivity index (χ3n) is 2.67. The molecule has 1 unspecified atom stereocenters. The fraction of sp³-hybridized carbons (Fsp3) is 0.667. The summed E-state index contributed by atoms with van der Waals surface area (Å²) in [6.45, 7) is 5.71. The molecule has 0 aliphatic heterocycles. The number of aromatic nitrogens is 1. The molecule has 1 rings (SSSR count). The first-order chi connectivity index (χ1) is 8.54. The summed E-state index contributed by atoms with van der Waals surface area (Å²) in [6.07, 6.45) is -0.211. The molecule has 1 atom stereocenters. The van der Waals surface area contributed by atoms with Crippen LogP contribution in [0.3, 0.4) is 0 Å². The van der Waals surface area contributed by atoms with Crippen LogP contribution in [0.15, 0.2) is 5.51 Å². The van der Waals surface area contributed by atoms with Crippen LogP contribution < -0.4 is 0 Å². The van der Waals surface area contributed by atoms with Crippen LogP contribution in [0.2, 0.25) is 0 Å². The van der Waals surface area contributed by atoms with Gasteiger partial charge in [-0.1, -0.05) is 0 Å². The second-order valence-corrected chi connectivity index (χ2v) is 5.11. The summed E-state index contributed by atoms with van der Waals surface area (Å²) >= 11 is 1.63. The van der Waals surface area contributed by atoms with Crippen LogP contribution in [0.1, 0.15) is 23.9 Å². The van der Waals surface area contributed by atoms with Gasteiger partial charge in [0.15, 0.2) is 6.10 Å². The monoisotopic (exact) mass is 272 g/mol. The number of ether oxygens (including phenoxy) is 1. The molecule has 0 aromatic carbocycles. The van der Waals surface area contributed by atoms with Crippen molar-refractivity contribution in [3.8, 4) is 0 Å². The van der Waals surface area contributed by atoms with E-state index in [0.29, 0.717) is 19.6 Å². The Morgan fingerprint density at radius 1 is 1.67 bits per heavy atom. The first-order valence-electron chi connectivity index (χ1n) is 5.96. The molecule has 1 aromatic heterocycles. The molecule has 0 fully saturated rings. The molecule has 18 heavy (non-hydrogen) atoms. The largest absolute Gasteiger partial charge is 0.479 e. The van der Waals surface area contributed by atoms with Crippen LogP contribution in [0.25, 0.3) is 0 Å². The predicted molar refractivity (Wildman–Crippen MR) is 70.9 cm³/mol. The summed E-state index contributed by atoms with van der Waals surface area (Å²) in [5, 5.41) is 8.97. The molecule has 5 nitrogen and oxygen atoms in total. The van der Waals surface area contributed by atoms with Gasteiger partial charge in [-0.25, -0.2) is 9.78 Å². The van der Waals surface area contributed by atoms with E-state index in [1.165, 1.54) is 4.88 Å². The molecule has 6 heteroatoms. The third-order valence-corrected chi connectivity index (χ3v) is 3.59. The average molecular weight is 272 g/mol. The Hall–Kier alpha value is -0.980. The van der Waals surface area contributed by atoms with Crippen molar-refractivity contribution in [2.75, 3.05) is 20.2 Å². The Morgan fingerprint density at radius 3 is 2.89 bits per heavy atom. The number of aliphatic carboxylic acids is 1. The molecule has 0 amide bonds. The fourth-order valence-corrected chi connectivity index (χ4v) is 2.48. The number of carbonyl (C=O) groups is 1. The maximum Gasteiger partial charge on any atom is 0.332 e. The van der Waals surface area contributed by atoms with Gasteiger partial charge in [-0.05, 0) is 27.3 Å². The first kappa shape index (κ1) is 15.1. The van der Waals surface area contributed by atoms with Gasteiger partial charge in [0.2, 0.25) is 0 Å². The quantitative estimate of drug-likeness (QED) is 0.781. The summed E-state index contributed by atoms with van der Waals surface area (Å²) in [6, 6.07) is 0. The van der Waals surface area contributed by atoms with Gasteiger partial charge in [0.25, 0.3) is 0 Å². The minimum absolute atomic E-state index is 0.425. The highest BCUT2D eigenvalue weighted by atomic mass is 32.1. The number of aryl methyl sites for hydroxylation is 1. The number of thiazole rings is 1. The third kappa shape index (κ3) is 4.72. The lowest BCUT2D eigenvalue weighted by atomic mass is 10.2. The van der Waals surface area contributed by atoms with Gasteiger partial charge in [0.1, 0.15) is 0 Å². The van der Waals surface area contributed by atoms with E-state index in [-0.39, 0.29) is 0 Å². The van der Waals surface area contributed by atoms with Crippen LogP contribution in [-0.4, -0.2) is 47.3 Å². The average Bonchev–Trinajstić information content (AvgIpc) is 2.70. The molecular formula is C12H20N2O3S. The fourth-order valence-electron chi connectivity index (χ4n) is 1.62. The highest BCUT2D eigenvalue weighted by molar-refractivity contribution is 7.09. The smallest absolute Gasteiger partial charge is 0.332 e. The van der Waals surface area contributed by atoms with Gasteiger partial charge in [0, 0.05) is 24.6 Å². The molecule has 1 heterocycles. The van der Waals surface area contributed by atoms with Gasteiger partial charge in [-0.15, -0.1) is 11.3 Å². The zero-order valence-corrected chi connectivity index (χ0v) is 11.9. The highest BCUT2D eigenvalue weighted by Crippen LogP contribution is 2.14. The van der Waals surface area contributed by atoms with Crippen molar-refractivity contribution < 1.29 is 14.6 Å². The standard InChI is InChI=1S/C12H20N2O3S/c1-4-17-10(12(15)16)5-6-14(3)7-11-9(2)13-8-18-11/h8,10H,4-7H2,1-3H3,(H,15,16). The number of carboxylic acid groups (broad SMARTS) is 1. The zero-order valence-electron chi connectivity index (χ0n) is 11.0. The van der Waals surface area contributed by atoms with Crippen molar-refractivity contribution in [2.24, 2.45) is 0 Å². The Kier molecular flexibility index (Phi) is 6.24. The van der Waals surface area contributed by atoms with Crippen molar-refractivity contribution in [1.82, 2.24) is 9.88 Å². The summed E-state index contributed by atoms with van der Waals surface area (Å²) in [5.41, 5.74) is 2.88. The van der Waals surface area contributed by atoms with Gasteiger partial charge < -0.3 is 14.7 Å². The molecule has 0 saturated heterocycles. The number of hydrogen-bond acceptors (Lipinski definition) is 5. The topological polar surface area (TPSA) is 62.7 Å². The first-order valence-corrected chi connectivity index (χ1v) is 6.84. The van der Waals surface area contributed by atoms with E-state index < -0.39 is 12.1 Å². The van der Waals surface area contributed by atoms with Crippen LogP contribution >= 0.6 is 11.3 Å². The minimum atomic E-state index is -0.890. The molecule has 0 radical (unpaired) electrons. The van der Waals surface area contributed by atoms with Crippen molar-refractivity contribution in [1.29, 1.82) is 0 Å². The van der Waals surface area contributed by atoms with Gasteiger partial charge >= 0.3 is 5.97 Å². The molecular weight excluding hydrogens is 252 g/mol. The second-order valence-electron chi connectivity index (χ2n) is 4.17. The lowest BCUT2D eigenvalue weighted by Crippen LogP contribution is -2.29. The maximum atomic E-state index is 10.9. The number of nitrogens with zero attached hydrogens (tertiary/aromatic N) is 2. The predicted octanol–water partition coefficient (Wildman–Crippen LogP) is 1.76. The summed E-state index contributed by atoms with van der Waals surface area (Å²) in [7, 11) is 1.98. The summed E-state index contributed by atoms with van der Waals surface area (Å²) < 4.78 is 5.18. The molecule has 1 aromatic rings. The van der Waals surface area contributed by atoms with Crippen LogP contribution in [0.4, 0.5) is 0 Å². The molecule has 0 aliphatic rings. The highest BCUT2D eigenvalue weighted by Gasteiger charge is 2.18. The molecule has 1 N–H and O–H groups in total. The molecule has 0 spiro atoms. The molecule has 0 aliphatic carbocycles.